The monoisotopic (exact) mass is 347 g/mol. The third kappa shape index (κ3) is 4.36. The van der Waals surface area contributed by atoms with E-state index in [0.29, 0.717) is 17.1 Å². The van der Waals surface area contributed by atoms with E-state index < -0.39 is 8.07 Å². The molecule has 5 heteroatoms. The lowest BCUT2D eigenvalue weighted by Crippen LogP contribution is -2.43. The SMILES string of the molecule is COc1ccc(CNC(=O)c2c(Cl)cccc2[Si](C)(C)C)cc1. The average molecular weight is 348 g/mol. The summed E-state index contributed by atoms with van der Waals surface area (Å²) in [7, 11) is -0.0235. The minimum Gasteiger partial charge on any atom is -0.497 e. The summed E-state index contributed by atoms with van der Waals surface area (Å²) in [5.41, 5.74) is 1.63. The first-order chi connectivity index (χ1) is 10.8. The van der Waals surface area contributed by atoms with E-state index in [0.717, 1.165) is 16.5 Å². The maximum Gasteiger partial charge on any atom is 0.252 e. The number of hydrogen-bond donors (Lipinski definition) is 1. The highest BCUT2D eigenvalue weighted by atomic mass is 35.5. The molecule has 0 atom stereocenters. The highest BCUT2D eigenvalue weighted by Gasteiger charge is 2.25. The summed E-state index contributed by atoms with van der Waals surface area (Å²) in [5, 5.41) is 4.56. The molecule has 0 bridgehead atoms. The van der Waals surface area contributed by atoms with Gasteiger partial charge >= 0.3 is 0 Å². The zero-order valence-electron chi connectivity index (χ0n) is 13.9. The van der Waals surface area contributed by atoms with Crippen LogP contribution in [0, 0.1) is 0 Å². The van der Waals surface area contributed by atoms with Gasteiger partial charge < -0.3 is 10.1 Å². The van der Waals surface area contributed by atoms with Gasteiger partial charge in [0, 0.05) is 6.54 Å². The fraction of sp³-hybridized carbons (Fsp3) is 0.278. The van der Waals surface area contributed by atoms with Crippen LogP contribution in [0.15, 0.2) is 42.5 Å². The number of carbonyl (C=O) groups excluding carboxylic acids is 1. The van der Waals surface area contributed by atoms with E-state index >= 15 is 0 Å². The lowest BCUT2D eigenvalue weighted by atomic mass is 10.2. The van der Waals surface area contributed by atoms with Crippen LogP contribution >= 0.6 is 11.6 Å². The molecule has 0 saturated carbocycles. The molecule has 1 amide bonds. The number of amides is 1. The van der Waals surface area contributed by atoms with E-state index in [-0.39, 0.29) is 5.91 Å². The number of ether oxygens (including phenoxy) is 1. The predicted molar refractivity (Wildman–Crippen MR) is 98.6 cm³/mol. The van der Waals surface area contributed by atoms with Crippen molar-refractivity contribution in [2.24, 2.45) is 0 Å². The summed E-state index contributed by atoms with van der Waals surface area (Å²) in [4.78, 5) is 12.6. The van der Waals surface area contributed by atoms with Gasteiger partial charge in [-0.2, -0.15) is 0 Å². The first kappa shape index (κ1) is 17.6. The summed E-state index contributed by atoms with van der Waals surface area (Å²) in [6.07, 6.45) is 0. The highest BCUT2D eigenvalue weighted by molar-refractivity contribution is 6.89. The molecule has 122 valence electrons. The van der Waals surface area contributed by atoms with Crippen LogP contribution in [0.2, 0.25) is 24.7 Å². The van der Waals surface area contributed by atoms with Gasteiger partial charge in [-0.05, 0) is 28.9 Å². The molecule has 0 aliphatic heterocycles. The van der Waals surface area contributed by atoms with Crippen molar-refractivity contribution in [1.29, 1.82) is 0 Å². The summed E-state index contributed by atoms with van der Waals surface area (Å²) in [5.74, 6) is 0.677. The van der Waals surface area contributed by atoms with Crippen molar-refractivity contribution in [2.75, 3.05) is 7.11 Å². The Labute approximate surface area is 143 Å². The van der Waals surface area contributed by atoms with E-state index in [4.69, 9.17) is 16.3 Å². The lowest BCUT2D eigenvalue weighted by molar-refractivity contribution is 0.0952. The van der Waals surface area contributed by atoms with Gasteiger partial charge in [0.1, 0.15) is 5.75 Å². The van der Waals surface area contributed by atoms with Crippen LogP contribution in [0.1, 0.15) is 15.9 Å². The largest absolute Gasteiger partial charge is 0.497 e. The number of benzene rings is 2. The van der Waals surface area contributed by atoms with Gasteiger partial charge in [0.15, 0.2) is 0 Å². The van der Waals surface area contributed by atoms with Crippen molar-refractivity contribution >= 4 is 30.8 Å². The zero-order chi connectivity index (χ0) is 17.0. The van der Waals surface area contributed by atoms with Crippen molar-refractivity contribution in [3.8, 4) is 5.75 Å². The molecule has 0 heterocycles. The second-order valence-corrected chi connectivity index (χ2v) is 11.9. The number of rotatable bonds is 5. The molecule has 2 aromatic carbocycles. The topological polar surface area (TPSA) is 38.3 Å². The van der Waals surface area contributed by atoms with Crippen LogP contribution in [0.5, 0.6) is 5.75 Å². The number of nitrogens with one attached hydrogen (secondary N) is 1. The Morgan fingerprint density at radius 1 is 1.13 bits per heavy atom. The average Bonchev–Trinajstić information content (AvgIpc) is 2.52. The van der Waals surface area contributed by atoms with Gasteiger partial charge in [-0.1, -0.05) is 55.5 Å². The van der Waals surface area contributed by atoms with Gasteiger partial charge in [-0.3, -0.25) is 4.79 Å². The van der Waals surface area contributed by atoms with E-state index in [1.54, 1.807) is 13.2 Å². The van der Waals surface area contributed by atoms with Gasteiger partial charge in [0.2, 0.25) is 0 Å². The molecule has 0 saturated heterocycles. The Hall–Kier alpha value is -1.78. The number of methoxy groups -OCH3 is 1. The maximum absolute atomic E-state index is 12.6. The first-order valence-electron chi connectivity index (χ1n) is 7.53. The molecule has 3 nitrogen and oxygen atoms in total. The van der Waals surface area contributed by atoms with Gasteiger partial charge in [-0.15, -0.1) is 0 Å². The van der Waals surface area contributed by atoms with E-state index in [2.05, 4.69) is 25.0 Å². The molecule has 2 aromatic rings. The second kappa shape index (κ2) is 7.19. The molecule has 1 N–H and O–H groups in total. The molecule has 0 aromatic heterocycles. The van der Waals surface area contributed by atoms with Crippen LogP contribution in [0.3, 0.4) is 0 Å². The van der Waals surface area contributed by atoms with Crippen LogP contribution in [0.25, 0.3) is 0 Å². The van der Waals surface area contributed by atoms with Gasteiger partial charge in [-0.25, -0.2) is 0 Å². The number of hydrogen-bond acceptors (Lipinski definition) is 2. The summed E-state index contributed by atoms with van der Waals surface area (Å²) < 4.78 is 5.13. The number of carbonyl (C=O) groups is 1. The van der Waals surface area contributed by atoms with Gasteiger partial charge in [0.25, 0.3) is 5.91 Å². The van der Waals surface area contributed by atoms with Crippen molar-refractivity contribution in [1.82, 2.24) is 5.32 Å². The van der Waals surface area contributed by atoms with Crippen LogP contribution in [-0.4, -0.2) is 21.1 Å². The first-order valence-corrected chi connectivity index (χ1v) is 11.4. The minimum absolute atomic E-state index is 0.121. The lowest BCUT2D eigenvalue weighted by Gasteiger charge is -2.21. The highest BCUT2D eigenvalue weighted by Crippen LogP contribution is 2.18. The molecule has 0 unspecified atom stereocenters. The molecular formula is C18H22ClNO2Si. The third-order valence-electron chi connectivity index (χ3n) is 3.66. The summed E-state index contributed by atoms with van der Waals surface area (Å²) >= 11 is 6.30. The quantitative estimate of drug-likeness (QED) is 0.835. The van der Waals surface area contributed by atoms with Crippen molar-refractivity contribution in [3.05, 3.63) is 58.6 Å². The maximum atomic E-state index is 12.6. The Balaban J connectivity index is 2.17. The van der Waals surface area contributed by atoms with E-state index in [1.807, 2.05) is 36.4 Å². The second-order valence-electron chi connectivity index (χ2n) is 6.44. The molecule has 0 radical (unpaired) electrons. The van der Waals surface area contributed by atoms with Crippen molar-refractivity contribution in [2.45, 2.75) is 26.2 Å². The van der Waals surface area contributed by atoms with Gasteiger partial charge in [0.05, 0.1) is 25.8 Å². The summed E-state index contributed by atoms with van der Waals surface area (Å²) in [6, 6.07) is 13.3. The Kier molecular flexibility index (Phi) is 5.49. The molecular weight excluding hydrogens is 326 g/mol. The molecule has 0 spiro atoms. The van der Waals surface area contributed by atoms with Crippen LogP contribution in [0.4, 0.5) is 0 Å². The smallest absolute Gasteiger partial charge is 0.252 e. The normalized spacial score (nSPS) is 11.2. The molecule has 23 heavy (non-hydrogen) atoms. The molecule has 2 rings (SSSR count). The van der Waals surface area contributed by atoms with E-state index in [9.17, 15) is 4.79 Å². The standard InChI is InChI=1S/C18H22ClNO2Si/c1-22-14-10-8-13(9-11-14)12-20-18(21)17-15(19)6-5-7-16(17)23(2,3)4/h5-11H,12H2,1-4H3,(H,20,21). The van der Waals surface area contributed by atoms with Crippen LogP contribution < -0.4 is 15.2 Å². The van der Waals surface area contributed by atoms with Crippen molar-refractivity contribution in [3.63, 3.8) is 0 Å². The zero-order valence-corrected chi connectivity index (χ0v) is 15.7. The fourth-order valence-electron chi connectivity index (χ4n) is 2.39. The Morgan fingerprint density at radius 3 is 2.35 bits per heavy atom. The molecule has 0 fully saturated rings. The number of halogens is 1. The predicted octanol–water partition coefficient (Wildman–Crippen LogP) is 3.82. The Bertz CT molecular complexity index is 693. The molecule has 0 aliphatic carbocycles. The van der Waals surface area contributed by atoms with Crippen molar-refractivity contribution < 1.29 is 9.53 Å². The van der Waals surface area contributed by atoms with E-state index in [1.165, 1.54) is 0 Å². The van der Waals surface area contributed by atoms with Crippen LogP contribution in [-0.2, 0) is 6.54 Å². The molecule has 0 aliphatic rings. The third-order valence-corrected chi connectivity index (χ3v) is 6.01. The summed E-state index contributed by atoms with van der Waals surface area (Å²) in [6.45, 7) is 7.08. The fourth-order valence-corrected chi connectivity index (χ4v) is 4.33. The Morgan fingerprint density at radius 2 is 1.78 bits per heavy atom. The minimum atomic E-state index is -1.65.